The molecule has 0 heterocycles. The maximum Gasteiger partial charge on any atom is 0.288 e. The molecule has 0 aromatic heterocycles. The van der Waals surface area contributed by atoms with Crippen LogP contribution in [0.1, 0.15) is 37.5 Å². The van der Waals surface area contributed by atoms with E-state index in [1.807, 2.05) is 24.3 Å². The minimum atomic E-state index is -0.570. The number of nitro groups is 1. The van der Waals surface area contributed by atoms with Crippen LogP contribution in [0.4, 0.5) is 5.69 Å². The third-order valence-electron chi connectivity index (χ3n) is 3.75. The van der Waals surface area contributed by atoms with Gasteiger partial charge in [0.25, 0.3) is 5.69 Å². The summed E-state index contributed by atoms with van der Waals surface area (Å²) < 4.78 is 0. The average molecular weight is 374 g/mol. The van der Waals surface area contributed by atoms with Crippen LogP contribution in [0.2, 0.25) is 5.02 Å². The molecule has 0 unspecified atom stereocenters. The Kier molecular flexibility index (Phi) is 6.10. The first-order chi connectivity index (χ1) is 12.2. The Bertz CT molecular complexity index is 840. The molecule has 0 aliphatic carbocycles. The molecule has 0 bridgehead atoms. The summed E-state index contributed by atoms with van der Waals surface area (Å²) in [4.78, 5) is 22.2. The molecular formula is C19H20ClN3O3. The molecular weight excluding hydrogens is 354 g/mol. The van der Waals surface area contributed by atoms with Crippen molar-refractivity contribution in [1.82, 2.24) is 5.43 Å². The van der Waals surface area contributed by atoms with Crippen LogP contribution in [0.5, 0.6) is 0 Å². The zero-order valence-electron chi connectivity index (χ0n) is 14.8. The number of nitro benzene ring substituents is 1. The van der Waals surface area contributed by atoms with Crippen LogP contribution in [-0.2, 0) is 16.6 Å². The van der Waals surface area contributed by atoms with E-state index >= 15 is 0 Å². The molecule has 1 N–H and O–H groups in total. The standard InChI is InChI=1S/C19H20ClN3O3/c1-19(2,3)15-7-4-13(5-8-15)11-18(24)22-21-12-14-6-9-16(20)17(10-14)23(25)26/h4-10,12H,11H2,1-3H3,(H,22,24)/b21-12-. The fourth-order valence-corrected chi connectivity index (χ4v) is 2.46. The number of carbonyl (C=O) groups is 1. The number of rotatable bonds is 5. The number of halogens is 1. The second-order valence-corrected chi connectivity index (χ2v) is 7.29. The number of hydrazone groups is 1. The normalized spacial score (nSPS) is 11.5. The molecule has 1 amide bonds. The van der Waals surface area contributed by atoms with Gasteiger partial charge in [-0.25, -0.2) is 5.43 Å². The van der Waals surface area contributed by atoms with Crippen LogP contribution in [0.3, 0.4) is 0 Å². The van der Waals surface area contributed by atoms with Crippen molar-refractivity contribution < 1.29 is 9.72 Å². The van der Waals surface area contributed by atoms with E-state index in [2.05, 4.69) is 31.3 Å². The van der Waals surface area contributed by atoms with Gasteiger partial charge >= 0.3 is 0 Å². The summed E-state index contributed by atoms with van der Waals surface area (Å²) in [6.45, 7) is 6.39. The van der Waals surface area contributed by atoms with E-state index in [1.165, 1.54) is 23.9 Å². The van der Waals surface area contributed by atoms with Gasteiger partial charge in [-0.15, -0.1) is 0 Å². The predicted octanol–water partition coefficient (Wildman–Crippen LogP) is 4.24. The number of hydrogen-bond acceptors (Lipinski definition) is 4. The first kappa shape index (κ1) is 19.6. The maximum atomic E-state index is 12.0. The van der Waals surface area contributed by atoms with Crippen LogP contribution in [0, 0.1) is 10.1 Å². The molecule has 7 heteroatoms. The molecule has 2 aromatic carbocycles. The Balaban J connectivity index is 1.95. The molecule has 0 radical (unpaired) electrons. The fourth-order valence-electron chi connectivity index (χ4n) is 2.28. The maximum absolute atomic E-state index is 12.0. The lowest BCUT2D eigenvalue weighted by Gasteiger charge is -2.19. The van der Waals surface area contributed by atoms with Crippen LogP contribution in [-0.4, -0.2) is 17.0 Å². The molecule has 0 spiro atoms. The molecule has 0 saturated heterocycles. The molecule has 2 aromatic rings. The van der Waals surface area contributed by atoms with Gasteiger partial charge in [0.2, 0.25) is 5.91 Å². The monoisotopic (exact) mass is 373 g/mol. The zero-order valence-corrected chi connectivity index (χ0v) is 15.6. The Morgan fingerprint density at radius 1 is 1.23 bits per heavy atom. The summed E-state index contributed by atoms with van der Waals surface area (Å²) in [5, 5.41) is 14.7. The third-order valence-corrected chi connectivity index (χ3v) is 4.07. The summed E-state index contributed by atoms with van der Waals surface area (Å²) in [6.07, 6.45) is 1.53. The molecule has 0 atom stereocenters. The van der Waals surface area contributed by atoms with E-state index in [4.69, 9.17) is 11.6 Å². The van der Waals surface area contributed by atoms with E-state index < -0.39 is 4.92 Å². The minimum absolute atomic E-state index is 0.0508. The van der Waals surface area contributed by atoms with Gasteiger partial charge in [-0.1, -0.05) is 62.7 Å². The highest BCUT2D eigenvalue weighted by Crippen LogP contribution is 2.24. The lowest BCUT2D eigenvalue weighted by molar-refractivity contribution is -0.384. The van der Waals surface area contributed by atoms with Gasteiger partial charge in [0.15, 0.2) is 0 Å². The molecule has 2 rings (SSSR count). The molecule has 6 nitrogen and oxygen atoms in total. The second kappa shape index (κ2) is 8.10. The van der Waals surface area contributed by atoms with Crippen molar-refractivity contribution in [2.45, 2.75) is 32.6 Å². The number of nitrogens with one attached hydrogen (secondary N) is 1. The van der Waals surface area contributed by atoms with Crippen molar-refractivity contribution in [2.75, 3.05) is 0 Å². The number of nitrogens with zero attached hydrogens (tertiary/aromatic N) is 2. The molecule has 0 aliphatic rings. The van der Waals surface area contributed by atoms with Gasteiger partial charge < -0.3 is 0 Å². The minimum Gasteiger partial charge on any atom is -0.273 e. The fraction of sp³-hybridized carbons (Fsp3) is 0.263. The van der Waals surface area contributed by atoms with Gasteiger partial charge in [0, 0.05) is 11.6 Å². The number of amides is 1. The SMILES string of the molecule is CC(C)(C)c1ccc(CC(=O)N/N=C\c2ccc(Cl)c([N+](=O)[O-])c2)cc1. The molecule has 136 valence electrons. The van der Waals surface area contributed by atoms with E-state index in [9.17, 15) is 14.9 Å². The summed E-state index contributed by atoms with van der Waals surface area (Å²) >= 11 is 5.75. The average Bonchev–Trinajstić information content (AvgIpc) is 2.55. The van der Waals surface area contributed by atoms with Gasteiger partial charge in [0.05, 0.1) is 17.6 Å². The van der Waals surface area contributed by atoms with E-state index in [1.54, 1.807) is 6.07 Å². The Morgan fingerprint density at radius 3 is 2.46 bits per heavy atom. The topological polar surface area (TPSA) is 84.6 Å². The molecule has 0 saturated carbocycles. The molecule has 26 heavy (non-hydrogen) atoms. The van der Waals surface area contributed by atoms with Gasteiger partial charge in [0.1, 0.15) is 5.02 Å². The smallest absolute Gasteiger partial charge is 0.273 e. The van der Waals surface area contributed by atoms with Crippen molar-refractivity contribution in [1.29, 1.82) is 0 Å². The summed E-state index contributed by atoms with van der Waals surface area (Å²) in [5.74, 6) is -0.270. The van der Waals surface area contributed by atoms with Crippen LogP contribution >= 0.6 is 11.6 Å². The largest absolute Gasteiger partial charge is 0.288 e. The van der Waals surface area contributed by atoms with E-state index in [0.29, 0.717) is 5.56 Å². The first-order valence-corrected chi connectivity index (χ1v) is 8.40. The van der Waals surface area contributed by atoms with Gasteiger partial charge in [-0.3, -0.25) is 14.9 Å². The van der Waals surface area contributed by atoms with Crippen molar-refractivity contribution in [2.24, 2.45) is 5.10 Å². The number of carbonyl (C=O) groups excluding carboxylic acids is 1. The second-order valence-electron chi connectivity index (χ2n) is 6.88. The number of benzene rings is 2. The van der Waals surface area contributed by atoms with Crippen molar-refractivity contribution >= 4 is 29.4 Å². The van der Waals surface area contributed by atoms with Crippen molar-refractivity contribution in [3.8, 4) is 0 Å². The predicted molar refractivity (Wildman–Crippen MR) is 103 cm³/mol. The van der Waals surface area contributed by atoms with Gasteiger partial charge in [-0.2, -0.15) is 5.10 Å². The van der Waals surface area contributed by atoms with Crippen molar-refractivity contribution in [3.63, 3.8) is 0 Å². The highest BCUT2D eigenvalue weighted by atomic mass is 35.5. The summed E-state index contributed by atoms with van der Waals surface area (Å²) in [6, 6.07) is 12.2. The van der Waals surface area contributed by atoms with Crippen molar-refractivity contribution in [3.05, 3.63) is 74.3 Å². The first-order valence-electron chi connectivity index (χ1n) is 8.02. The third kappa shape index (κ3) is 5.39. The molecule has 0 aliphatic heterocycles. The Morgan fingerprint density at radius 2 is 1.88 bits per heavy atom. The van der Waals surface area contributed by atoms with E-state index in [0.717, 1.165) is 5.56 Å². The lowest BCUT2D eigenvalue weighted by Crippen LogP contribution is -2.20. The van der Waals surface area contributed by atoms with Crippen LogP contribution in [0.15, 0.2) is 47.6 Å². The quantitative estimate of drug-likeness (QED) is 0.483. The highest BCUT2D eigenvalue weighted by Gasteiger charge is 2.13. The highest BCUT2D eigenvalue weighted by molar-refractivity contribution is 6.32. The molecule has 0 fully saturated rings. The van der Waals surface area contributed by atoms with Gasteiger partial charge in [-0.05, 0) is 22.6 Å². The summed E-state index contributed by atoms with van der Waals surface area (Å²) in [7, 11) is 0. The Hall–Kier alpha value is -2.73. The summed E-state index contributed by atoms with van der Waals surface area (Å²) in [5.41, 5.74) is 4.82. The van der Waals surface area contributed by atoms with Crippen LogP contribution < -0.4 is 5.43 Å². The van der Waals surface area contributed by atoms with Crippen LogP contribution in [0.25, 0.3) is 0 Å². The number of hydrogen-bond donors (Lipinski definition) is 1. The Labute approximate surface area is 157 Å². The van der Waals surface area contributed by atoms with E-state index in [-0.39, 0.29) is 28.5 Å². The lowest BCUT2D eigenvalue weighted by atomic mass is 9.86. The zero-order chi connectivity index (χ0) is 19.3.